The maximum absolute atomic E-state index is 13.5. The number of nitrogens with one attached hydrogen (secondary N) is 2. The lowest BCUT2D eigenvalue weighted by atomic mass is 9.84. The fourth-order valence-electron chi connectivity index (χ4n) is 3.21. The molecule has 1 atom stereocenters. The number of aryl methyl sites for hydroxylation is 2. The molecule has 0 fully saturated rings. The van der Waals surface area contributed by atoms with Crippen molar-refractivity contribution >= 4 is 5.96 Å². The third kappa shape index (κ3) is 5.31. The van der Waals surface area contributed by atoms with E-state index in [-0.39, 0.29) is 17.3 Å². The fourth-order valence-corrected chi connectivity index (χ4v) is 3.21. The number of halogens is 1. The molecule has 1 aromatic carbocycles. The Kier molecular flexibility index (Phi) is 6.63. The van der Waals surface area contributed by atoms with Crippen LogP contribution in [0.1, 0.15) is 43.3 Å². The average molecular weight is 374 g/mol. The van der Waals surface area contributed by atoms with Crippen LogP contribution >= 0.6 is 0 Å². The minimum Gasteiger partial charge on any atom is -0.356 e. The summed E-state index contributed by atoms with van der Waals surface area (Å²) in [5, 5.41) is 11.3. The number of aliphatic imine (C=N–C) groups is 1. The van der Waals surface area contributed by atoms with Crippen LogP contribution in [-0.2, 0) is 18.9 Å². The summed E-state index contributed by atoms with van der Waals surface area (Å²) in [6.45, 7) is 11.1. The molecular formula is C21H32FN5. The quantitative estimate of drug-likeness (QED) is 0.604. The molecule has 0 spiro atoms. The van der Waals surface area contributed by atoms with Crippen molar-refractivity contribution in [3.8, 4) is 0 Å². The molecule has 148 valence electrons. The van der Waals surface area contributed by atoms with Gasteiger partial charge in [-0.05, 0) is 50.5 Å². The first-order chi connectivity index (χ1) is 12.6. The van der Waals surface area contributed by atoms with Gasteiger partial charge in [0.2, 0.25) is 0 Å². The number of rotatable bonds is 6. The Morgan fingerprint density at radius 2 is 2.04 bits per heavy atom. The Balaban J connectivity index is 1.97. The standard InChI is InChI=1S/C21H32FN5/c1-14(11-19-15(2)26-27(7)16(19)3)25-20(23-6)24-13-21(4,5)17-9-8-10-18(22)12-17/h8-10,12,14H,11,13H2,1-7H3,(H2,23,24,25). The Labute approximate surface area is 162 Å². The molecular weight excluding hydrogens is 341 g/mol. The fraction of sp³-hybridized carbons (Fsp3) is 0.524. The highest BCUT2D eigenvalue weighted by atomic mass is 19.1. The van der Waals surface area contributed by atoms with E-state index < -0.39 is 0 Å². The maximum Gasteiger partial charge on any atom is 0.191 e. The van der Waals surface area contributed by atoms with Gasteiger partial charge in [0.05, 0.1) is 5.69 Å². The van der Waals surface area contributed by atoms with Crippen LogP contribution in [0.15, 0.2) is 29.3 Å². The van der Waals surface area contributed by atoms with E-state index in [1.807, 2.05) is 24.7 Å². The van der Waals surface area contributed by atoms with Crippen LogP contribution < -0.4 is 10.6 Å². The Bertz CT molecular complexity index is 807. The van der Waals surface area contributed by atoms with Crippen molar-refractivity contribution in [2.45, 2.75) is 52.5 Å². The van der Waals surface area contributed by atoms with Crippen LogP contribution in [-0.4, -0.2) is 35.4 Å². The van der Waals surface area contributed by atoms with Crippen LogP contribution in [0.5, 0.6) is 0 Å². The maximum atomic E-state index is 13.5. The van der Waals surface area contributed by atoms with Gasteiger partial charge >= 0.3 is 0 Å². The highest BCUT2D eigenvalue weighted by Crippen LogP contribution is 2.22. The molecule has 6 heteroatoms. The molecule has 1 heterocycles. The minimum absolute atomic E-state index is 0.204. The predicted octanol–water partition coefficient (Wildman–Crippen LogP) is 3.25. The summed E-state index contributed by atoms with van der Waals surface area (Å²) in [6, 6.07) is 6.97. The second-order valence-corrected chi connectivity index (χ2v) is 7.84. The highest BCUT2D eigenvalue weighted by molar-refractivity contribution is 5.80. The van der Waals surface area contributed by atoms with Crippen LogP contribution in [0.2, 0.25) is 0 Å². The summed E-state index contributed by atoms with van der Waals surface area (Å²) in [7, 11) is 3.73. The molecule has 2 rings (SSSR count). The van der Waals surface area contributed by atoms with Gasteiger partial charge in [0, 0.05) is 37.8 Å². The van der Waals surface area contributed by atoms with E-state index in [0.29, 0.717) is 6.54 Å². The molecule has 0 aliphatic heterocycles. The van der Waals surface area contributed by atoms with Crippen LogP contribution in [0.25, 0.3) is 0 Å². The molecule has 0 radical (unpaired) electrons. The molecule has 27 heavy (non-hydrogen) atoms. The molecule has 0 saturated heterocycles. The number of hydrogen-bond acceptors (Lipinski definition) is 2. The van der Waals surface area contributed by atoms with Crippen LogP contribution in [0.4, 0.5) is 4.39 Å². The Morgan fingerprint density at radius 3 is 2.59 bits per heavy atom. The zero-order valence-electron chi connectivity index (χ0n) is 17.5. The Morgan fingerprint density at radius 1 is 1.33 bits per heavy atom. The smallest absolute Gasteiger partial charge is 0.191 e. The molecule has 5 nitrogen and oxygen atoms in total. The van der Waals surface area contributed by atoms with Crippen LogP contribution in [0, 0.1) is 19.7 Å². The second-order valence-electron chi connectivity index (χ2n) is 7.84. The summed E-state index contributed by atoms with van der Waals surface area (Å²) in [4.78, 5) is 4.33. The van der Waals surface area contributed by atoms with E-state index in [1.165, 1.54) is 17.3 Å². The highest BCUT2D eigenvalue weighted by Gasteiger charge is 2.22. The molecule has 0 aliphatic rings. The normalized spacial score (nSPS) is 13.6. The summed E-state index contributed by atoms with van der Waals surface area (Å²) in [5.41, 5.74) is 4.27. The number of guanidine groups is 1. The number of hydrogen-bond donors (Lipinski definition) is 2. The molecule has 2 N–H and O–H groups in total. The van der Waals surface area contributed by atoms with Gasteiger partial charge < -0.3 is 10.6 Å². The van der Waals surface area contributed by atoms with E-state index in [2.05, 4.69) is 48.4 Å². The molecule has 0 saturated carbocycles. The minimum atomic E-state index is -0.223. The van der Waals surface area contributed by atoms with E-state index in [1.54, 1.807) is 19.2 Å². The molecule has 0 amide bonds. The number of benzene rings is 1. The lowest BCUT2D eigenvalue weighted by Crippen LogP contribution is -2.47. The SMILES string of the molecule is CN=C(NCC(C)(C)c1cccc(F)c1)NC(C)Cc1c(C)nn(C)c1C. The first-order valence-corrected chi connectivity index (χ1v) is 9.36. The summed E-state index contributed by atoms with van der Waals surface area (Å²) in [5.74, 6) is 0.532. The molecule has 0 aliphatic carbocycles. The van der Waals surface area contributed by atoms with E-state index in [4.69, 9.17) is 0 Å². The van der Waals surface area contributed by atoms with Gasteiger partial charge in [-0.25, -0.2) is 4.39 Å². The summed E-state index contributed by atoms with van der Waals surface area (Å²) in [6.07, 6.45) is 0.875. The summed E-state index contributed by atoms with van der Waals surface area (Å²) < 4.78 is 15.5. The van der Waals surface area contributed by atoms with E-state index in [9.17, 15) is 4.39 Å². The summed E-state index contributed by atoms with van der Waals surface area (Å²) >= 11 is 0. The molecule has 2 aromatic rings. The number of aromatic nitrogens is 2. The zero-order chi connectivity index (χ0) is 20.2. The van der Waals surface area contributed by atoms with Crippen molar-refractivity contribution in [3.63, 3.8) is 0 Å². The van der Waals surface area contributed by atoms with Crippen molar-refractivity contribution in [2.75, 3.05) is 13.6 Å². The predicted molar refractivity (Wildman–Crippen MR) is 110 cm³/mol. The van der Waals surface area contributed by atoms with Crippen LogP contribution in [0.3, 0.4) is 0 Å². The van der Waals surface area contributed by atoms with Gasteiger partial charge in [0.25, 0.3) is 0 Å². The van der Waals surface area contributed by atoms with Gasteiger partial charge in [-0.1, -0.05) is 26.0 Å². The van der Waals surface area contributed by atoms with Gasteiger partial charge in [-0.15, -0.1) is 0 Å². The van der Waals surface area contributed by atoms with Crippen molar-refractivity contribution in [1.29, 1.82) is 0 Å². The largest absolute Gasteiger partial charge is 0.356 e. The lowest BCUT2D eigenvalue weighted by molar-refractivity contribution is 0.499. The first kappa shape index (κ1) is 20.9. The van der Waals surface area contributed by atoms with E-state index >= 15 is 0 Å². The van der Waals surface area contributed by atoms with Gasteiger partial charge in [-0.3, -0.25) is 9.67 Å². The van der Waals surface area contributed by atoms with Gasteiger partial charge in [-0.2, -0.15) is 5.10 Å². The van der Waals surface area contributed by atoms with Crippen molar-refractivity contribution in [1.82, 2.24) is 20.4 Å². The Hall–Kier alpha value is -2.37. The topological polar surface area (TPSA) is 54.2 Å². The molecule has 0 bridgehead atoms. The lowest BCUT2D eigenvalue weighted by Gasteiger charge is -2.27. The zero-order valence-corrected chi connectivity index (χ0v) is 17.5. The number of nitrogens with zero attached hydrogens (tertiary/aromatic N) is 3. The molecule has 1 aromatic heterocycles. The third-order valence-electron chi connectivity index (χ3n) is 5.08. The van der Waals surface area contributed by atoms with Crippen molar-refractivity contribution in [2.24, 2.45) is 12.0 Å². The van der Waals surface area contributed by atoms with Crippen molar-refractivity contribution in [3.05, 3.63) is 52.6 Å². The third-order valence-corrected chi connectivity index (χ3v) is 5.08. The van der Waals surface area contributed by atoms with Gasteiger partial charge in [0.15, 0.2) is 5.96 Å². The van der Waals surface area contributed by atoms with Crippen molar-refractivity contribution < 1.29 is 4.39 Å². The average Bonchev–Trinajstić information content (AvgIpc) is 2.84. The second kappa shape index (κ2) is 8.55. The first-order valence-electron chi connectivity index (χ1n) is 9.36. The van der Waals surface area contributed by atoms with Gasteiger partial charge in [0.1, 0.15) is 5.82 Å². The molecule has 1 unspecified atom stereocenters. The monoisotopic (exact) mass is 373 g/mol. The van der Waals surface area contributed by atoms with E-state index in [0.717, 1.165) is 23.6 Å².